The van der Waals surface area contributed by atoms with Crippen LogP contribution in [-0.4, -0.2) is 43.8 Å². The van der Waals surface area contributed by atoms with Gasteiger partial charge in [0.05, 0.1) is 10.5 Å². The molecule has 1 aromatic carbocycles. The first-order valence-corrected chi connectivity index (χ1v) is 13.9. The fourth-order valence-electron chi connectivity index (χ4n) is 3.89. The van der Waals surface area contributed by atoms with E-state index in [0.29, 0.717) is 19.4 Å². The van der Waals surface area contributed by atoms with Gasteiger partial charge < -0.3 is 10.1 Å². The molecule has 0 spiro atoms. The number of nitrogens with one attached hydrogen (secondary N) is 2. The average molecular weight is 516 g/mol. The molecule has 2 amide bonds. The minimum absolute atomic E-state index is 0.00222. The fourth-order valence-corrected chi connectivity index (χ4v) is 4.86. The van der Waals surface area contributed by atoms with Gasteiger partial charge in [0.25, 0.3) is 15.9 Å². The van der Waals surface area contributed by atoms with E-state index in [0.717, 1.165) is 56.7 Å². The number of nitrogens with zero attached hydrogens (tertiary/aromatic N) is 1. The molecule has 1 saturated carbocycles. The van der Waals surface area contributed by atoms with Crippen LogP contribution in [0.3, 0.4) is 0 Å². The predicted octanol–water partition coefficient (Wildman–Crippen LogP) is 3.54. The van der Waals surface area contributed by atoms with Crippen LogP contribution in [0, 0.1) is 0 Å². The summed E-state index contributed by atoms with van der Waals surface area (Å²) in [5.41, 5.74) is 0.927. The molecule has 0 radical (unpaired) electrons. The van der Waals surface area contributed by atoms with Gasteiger partial charge >= 0.3 is 5.97 Å². The van der Waals surface area contributed by atoms with Gasteiger partial charge in [-0.25, -0.2) is 22.9 Å². The number of aromatic nitrogens is 1. The zero-order valence-electron chi connectivity index (χ0n) is 20.5. The van der Waals surface area contributed by atoms with Crippen LogP contribution >= 0.6 is 0 Å². The molecule has 1 aliphatic carbocycles. The lowest BCUT2D eigenvalue weighted by atomic mass is 9.98. The Bertz CT molecular complexity index is 1140. The van der Waals surface area contributed by atoms with Gasteiger partial charge in [-0.15, -0.1) is 0 Å². The van der Waals surface area contributed by atoms with Crippen molar-refractivity contribution in [1.82, 2.24) is 15.0 Å². The Labute approximate surface area is 212 Å². The van der Waals surface area contributed by atoms with E-state index in [1.54, 1.807) is 12.1 Å². The Balaban J connectivity index is 1.52. The highest BCUT2D eigenvalue weighted by atomic mass is 32.2. The lowest BCUT2D eigenvalue weighted by Gasteiger charge is -2.21. The SMILES string of the molecule is CCCCC(=O)NCCc1ccc(S(=O)(=O)NC(=O)c2ccc(C(=O)OC3CCCCC3)nc2)cc1. The predicted molar refractivity (Wildman–Crippen MR) is 134 cm³/mol. The summed E-state index contributed by atoms with van der Waals surface area (Å²) in [6.07, 6.45) is 8.76. The van der Waals surface area contributed by atoms with Crippen LogP contribution in [0.5, 0.6) is 0 Å². The highest BCUT2D eigenvalue weighted by Gasteiger charge is 2.22. The van der Waals surface area contributed by atoms with Crippen molar-refractivity contribution in [3.63, 3.8) is 0 Å². The average Bonchev–Trinajstić information content (AvgIpc) is 2.88. The second kappa shape index (κ2) is 13.2. The van der Waals surface area contributed by atoms with Crippen LogP contribution in [0.25, 0.3) is 0 Å². The summed E-state index contributed by atoms with van der Waals surface area (Å²) in [6.45, 7) is 2.48. The number of pyridine rings is 1. The van der Waals surface area contributed by atoms with E-state index in [2.05, 4.69) is 10.3 Å². The third-order valence-electron chi connectivity index (χ3n) is 6.01. The van der Waals surface area contributed by atoms with Crippen molar-refractivity contribution >= 4 is 27.8 Å². The molecule has 0 unspecified atom stereocenters. The molecule has 0 saturated heterocycles. The van der Waals surface area contributed by atoms with E-state index < -0.39 is 21.9 Å². The smallest absolute Gasteiger partial charge is 0.357 e. The number of benzene rings is 1. The van der Waals surface area contributed by atoms with Crippen molar-refractivity contribution in [2.45, 2.75) is 75.7 Å². The minimum atomic E-state index is -4.10. The fraction of sp³-hybridized carbons (Fsp3) is 0.462. The van der Waals surface area contributed by atoms with Crippen LogP contribution in [0.15, 0.2) is 47.5 Å². The van der Waals surface area contributed by atoms with E-state index in [4.69, 9.17) is 4.74 Å². The van der Waals surface area contributed by atoms with Gasteiger partial charge in [0.1, 0.15) is 11.8 Å². The van der Waals surface area contributed by atoms with Gasteiger partial charge in [-0.05, 0) is 68.4 Å². The Morgan fingerprint density at radius 2 is 1.75 bits per heavy atom. The lowest BCUT2D eigenvalue weighted by Crippen LogP contribution is -2.30. The monoisotopic (exact) mass is 515 g/mol. The first-order valence-electron chi connectivity index (χ1n) is 12.4. The number of carbonyl (C=O) groups is 3. The van der Waals surface area contributed by atoms with Crippen LogP contribution < -0.4 is 10.0 Å². The Morgan fingerprint density at radius 3 is 2.39 bits per heavy atom. The molecule has 1 heterocycles. The molecule has 1 aromatic heterocycles. The van der Waals surface area contributed by atoms with Crippen molar-refractivity contribution in [2.24, 2.45) is 0 Å². The summed E-state index contributed by atoms with van der Waals surface area (Å²) in [4.78, 5) is 40.4. The molecule has 2 N–H and O–H groups in total. The van der Waals surface area contributed by atoms with Crippen molar-refractivity contribution in [1.29, 1.82) is 0 Å². The number of amides is 2. The van der Waals surface area contributed by atoms with Gasteiger partial charge in [0, 0.05) is 19.2 Å². The summed E-state index contributed by atoms with van der Waals surface area (Å²) in [5.74, 6) is -1.40. The normalized spacial score (nSPS) is 14.1. The Hall–Kier alpha value is -3.27. The maximum Gasteiger partial charge on any atom is 0.357 e. The lowest BCUT2D eigenvalue weighted by molar-refractivity contribution is -0.121. The number of carbonyl (C=O) groups excluding carboxylic acids is 3. The molecule has 36 heavy (non-hydrogen) atoms. The Morgan fingerprint density at radius 1 is 1.03 bits per heavy atom. The van der Waals surface area contributed by atoms with Crippen LogP contribution in [0.1, 0.15) is 84.7 Å². The van der Waals surface area contributed by atoms with Gasteiger partial charge in [0.2, 0.25) is 5.91 Å². The molecular formula is C26H33N3O6S. The summed E-state index contributed by atoms with van der Waals surface area (Å²) < 4.78 is 32.8. The van der Waals surface area contributed by atoms with E-state index in [1.807, 2.05) is 11.6 Å². The molecule has 194 valence electrons. The van der Waals surface area contributed by atoms with Crippen LogP contribution in [0.2, 0.25) is 0 Å². The van der Waals surface area contributed by atoms with E-state index in [9.17, 15) is 22.8 Å². The third kappa shape index (κ3) is 8.15. The molecule has 10 heteroatoms. The zero-order chi connectivity index (χ0) is 26.0. The van der Waals surface area contributed by atoms with Crippen molar-refractivity contribution in [2.75, 3.05) is 6.54 Å². The maximum atomic E-state index is 12.6. The molecular weight excluding hydrogens is 482 g/mol. The number of hydrogen-bond donors (Lipinski definition) is 2. The molecule has 3 rings (SSSR count). The molecule has 9 nitrogen and oxygen atoms in total. The third-order valence-corrected chi connectivity index (χ3v) is 7.36. The quantitative estimate of drug-likeness (QED) is 0.438. The second-order valence-electron chi connectivity index (χ2n) is 8.88. The number of rotatable bonds is 11. The standard InChI is InChI=1S/C26H33N3O6S/c1-2-3-9-24(30)27-17-16-19-10-13-22(14-11-19)36(33,34)29-25(31)20-12-15-23(28-18-20)26(32)35-21-7-5-4-6-8-21/h10-15,18,21H,2-9,16-17H2,1H3,(H,27,30)(H,29,31). The molecule has 0 atom stereocenters. The van der Waals surface area contributed by atoms with Crippen LogP contribution in [0.4, 0.5) is 0 Å². The summed E-state index contributed by atoms with van der Waals surface area (Å²) in [5, 5.41) is 2.84. The molecule has 0 aliphatic heterocycles. The number of sulfonamides is 1. The molecule has 0 bridgehead atoms. The van der Waals surface area contributed by atoms with Gasteiger partial charge in [-0.3, -0.25) is 9.59 Å². The van der Waals surface area contributed by atoms with E-state index in [1.165, 1.54) is 24.3 Å². The summed E-state index contributed by atoms with van der Waals surface area (Å²) >= 11 is 0. The highest BCUT2D eigenvalue weighted by Crippen LogP contribution is 2.21. The van der Waals surface area contributed by atoms with E-state index >= 15 is 0 Å². The zero-order valence-corrected chi connectivity index (χ0v) is 21.3. The summed E-state index contributed by atoms with van der Waals surface area (Å²) in [6, 6.07) is 8.80. The first-order chi connectivity index (χ1) is 17.3. The minimum Gasteiger partial charge on any atom is -0.458 e. The molecule has 1 aliphatic rings. The number of esters is 1. The topological polar surface area (TPSA) is 132 Å². The number of ether oxygens (including phenoxy) is 1. The molecule has 2 aromatic rings. The van der Waals surface area contributed by atoms with Gasteiger partial charge in [-0.2, -0.15) is 0 Å². The van der Waals surface area contributed by atoms with Crippen LogP contribution in [-0.2, 0) is 26.0 Å². The number of hydrogen-bond acceptors (Lipinski definition) is 7. The Kier molecular flexibility index (Phi) is 9.98. The second-order valence-corrected chi connectivity index (χ2v) is 10.6. The van der Waals surface area contributed by atoms with Crippen molar-refractivity contribution < 1.29 is 27.5 Å². The van der Waals surface area contributed by atoms with Crippen molar-refractivity contribution in [3.8, 4) is 0 Å². The molecule has 1 fully saturated rings. The summed E-state index contributed by atoms with van der Waals surface area (Å²) in [7, 11) is -4.10. The largest absolute Gasteiger partial charge is 0.458 e. The van der Waals surface area contributed by atoms with Gasteiger partial charge in [-0.1, -0.05) is 31.9 Å². The van der Waals surface area contributed by atoms with Crippen molar-refractivity contribution in [3.05, 3.63) is 59.4 Å². The van der Waals surface area contributed by atoms with Gasteiger partial charge in [0.15, 0.2) is 0 Å². The maximum absolute atomic E-state index is 12.6. The number of unbranched alkanes of at least 4 members (excludes halogenated alkanes) is 1. The van der Waals surface area contributed by atoms with E-state index in [-0.39, 0.29) is 28.2 Å². The first kappa shape index (κ1) is 27.3. The highest BCUT2D eigenvalue weighted by molar-refractivity contribution is 7.90.